The lowest BCUT2D eigenvalue weighted by Gasteiger charge is -2.37. The maximum Gasteiger partial charge on any atom is 0.212 e. The van der Waals surface area contributed by atoms with Crippen LogP contribution in [0.5, 0.6) is 0 Å². The predicted molar refractivity (Wildman–Crippen MR) is 159 cm³/mol. The third-order valence-corrected chi connectivity index (χ3v) is 7.50. The van der Waals surface area contributed by atoms with Gasteiger partial charge in [0.1, 0.15) is 5.54 Å². The number of nitrogens with zero attached hydrogens (tertiary/aromatic N) is 3. The molecule has 5 aromatic carbocycles. The van der Waals surface area contributed by atoms with E-state index in [-0.39, 0.29) is 0 Å². The fraction of sp³-hybridized carbons (Fsp3) is 0.0294. The molecule has 1 heterocycles. The van der Waals surface area contributed by atoms with Gasteiger partial charge in [-0.15, -0.1) is 0 Å². The van der Waals surface area contributed by atoms with Gasteiger partial charge in [0, 0.05) is 16.0 Å². The second kappa shape index (κ2) is 10.5. The van der Waals surface area contributed by atoms with E-state index in [0.29, 0.717) is 22.8 Å². The summed E-state index contributed by atoms with van der Waals surface area (Å²) in [5.41, 5.74) is 5.07. The standard InChI is InChI=1S/C34H23ClN4O/c35-31-18-16-24(22-36)20-29(31)25-17-19-32-30(21-25)33(37-23-40)38-39(32)34(26-10-4-1-5-11-26,27-12-6-2-7-13-27)28-14-8-3-9-15-28/h1-21,23H,(H,37,38,40). The first kappa shape index (κ1) is 25.1. The zero-order valence-corrected chi connectivity index (χ0v) is 22.1. The number of nitriles is 1. The monoisotopic (exact) mass is 538 g/mol. The SMILES string of the molecule is N#Cc1ccc(Cl)c(-c2ccc3c(c2)c(NC=O)nn3C(c2ccccc2)(c2ccccc2)c2ccccc2)c1. The maximum atomic E-state index is 11.8. The zero-order valence-electron chi connectivity index (χ0n) is 21.3. The first-order chi connectivity index (χ1) is 19.7. The van der Waals surface area contributed by atoms with Gasteiger partial charge in [0.05, 0.1) is 17.1 Å². The van der Waals surface area contributed by atoms with Crippen molar-refractivity contribution in [3.63, 3.8) is 0 Å². The normalized spacial score (nSPS) is 11.2. The first-order valence-corrected chi connectivity index (χ1v) is 13.1. The lowest BCUT2D eigenvalue weighted by molar-refractivity contribution is -0.105. The van der Waals surface area contributed by atoms with Crippen LogP contribution in [0.1, 0.15) is 22.3 Å². The number of carbonyl (C=O) groups excluding carboxylic acids is 1. The number of benzene rings is 5. The first-order valence-electron chi connectivity index (χ1n) is 12.8. The van der Waals surface area contributed by atoms with Gasteiger partial charge in [-0.2, -0.15) is 10.4 Å². The quantitative estimate of drug-likeness (QED) is 0.168. The molecule has 0 bridgehead atoms. The van der Waals surface area contributed by atoms with Crippen LogP contribution in [0, 0.1) is 11.3 Å². The molecule has 0 spiro atoms. The lowest BCUT2D eigenvalue weighted by atomic mass is 9.77. The van der Waals surface area contributed by atoms with E-state index < -0.39 is 5.54 Å². The second-order valence-electron chi connectivity index (χ2n) is 9.37. The van der Waals surface area contributed by atoms with Gasteiger partial charge in [0.25, 0.3) is 0 Å². The number of carbonyl (C=O) groups is 1. The minimum absolute atomic E-state index is 0.423. The Morgan fingerprint density at radius 1 is 0.775 bits per heavy atom. The van der Waals surface area contributed by atoms with Crippen LogP contribution in [0.2, 0.25) is 5.02 Å². The Balaban J connectivity index is 1.71. The Morgan fingerprint density at radius 2 is 1.35 bits per heavy atom. The van der Waals surface area contributed by atoms with E-state index in [0.717, 1.165) is 38.7 Å². The molecule has 0 atom stereocenters. The highest BCUT2D eigenvalue weighted by Crippen LogP contribution is 2.44. The van der Waals surface area contributed by atoms with E-state index in [4.69, 9.17) is 16.7 Å². The average molecular weight is 539 g/mol. The summed E-state index contributed by atoms with van der Waals surface area (Å²) in [5, 5.41) is 18.6. The zero-order chi connectivity index (χ0) is 27.5. The molecule has 0 aliphatic rings. The molecule has 0 saturated carbocycles. The van der Waals surface area contributed by atoms with Crippen LogP contribution >= 0.6 is 11.6 Å². The van der Waals surface area contributed by atoms with Crippen molar-refractivity contribution in [1.82, 2.24) is 9.78 Å². The third kappa shape index (κ3) is 4.12. The van der Waals surface area contributed by atoms with Crippen LogP contribution in [0.15, 0.2) is 127 Å². The summed E-state index contributed by atoms with van der Waals surface area (Å²) >= 11 is 6.56. The molecule has 192 valence electrons. The highest BCUT2D eigenvalue weighted by atomic mass is 35.5. The molecule has 0 aliphatic carbocycles. The van der Waals surface area contributed by atoms with Crippen LogP contribution in [-0.2, 0) is 10.3 Å². The molecule has 0 radical (unpaired) electrons. The van der Waals surface area contributed by atoms with E-state index in [1.165, 1.54) is 0 Å². The molecule has 6 rings (SSSR count). The molecule has 1 amide bonds. The number of halogens is 1. The molecule has 6 aromatic rings. The van der Waals surface area contributed by atoms with Crippen LogP contribution in [0.4, 0.5) is 5.82 Å². The molecular formula is C34H23ClN4O. The minimum Gasteiger partial charge on any atom is -0.311 e. The Labute approximate surface area is 236 Å². The molecular weight excluding hydrogens is 516 g/mol. The number of amides is 1. The van der Waals surface area contributed by atoms with Crippen molar-refractivity contribution in [1.29, 1.82) is 5.26 Å². The number of aromatic nitrogens is 2. The summed E-state index contributed by atoms with van der Waals surface area (Å²) in [5.74, 6) is 0.423. The van der Waals surface area contributed by atoms with Crippen molar-refractivity contribution >= 4 is 34.7 Å². The summed E-state index contributed by atoms with van der Waals surface area (Å²) in [4.78, 5) is 11.8. The molecule has 5 nitrogen and oxygen atoms in total. The van der Waals surface area contributed by atoms with Crippen molar-refractivity contribution in [3.8, 4) is 17.2 Å². The van der Waals surface area contributed by atoms with Gasteiger partial charge in [-0.1, -0.05) is 109 Å². The number of nitrogens with one attached hydrogen (secondary N) is 1. The Bertz CT molecular complexity index is 1760. The molecule has 0 unspecified atom stereocenters. The Hall–Kier alpha value is -5.18. The Kier molecular flexibility index (Phi) is 6.61. The van der Waals surface area contributed by atoms with E-state index in [9.17, 15) is 10.1 Å². The molecule has 1 N–H and O–H groups in total. The maximum absolute atomic E-state index is 11.8. The van der Waals surface area contributed by atoms with Crippen molar-refractivity contribution in [2.45, 2.75) is 5.54 Å². The highest BCUT2D eigenvalue weighted by Gasteiger charge is 2.41. The van der Waals surface area contributed by atoms with Gasteiger partial charge in [-0.25, -0.2) is 4.68 Å². The van der Waals surface area contributed by atoms with Gasteiger partial charge in [0.15, 0.2) is 5.82 Å². The van der Waals surface area contributed by atoms with Crippen molar-refractivity contribution in [2.24, 2.45) is 0 Å². The summed E-state index contributed by atoms with van der Waals surface area (Å²) in [6.07, 6.45) is 0.636. The summed E-state index contributed by atoms with van der Waals surface area (Å²) in [7, 11) is 0. The molecule has 6 heteroatoms. The largest absolute Gasteiger partial charge is 0.311 e. The molecule has 0 aliphatic heterocycles. The number of hydrogen-bond donors (Lipinski definition) is 1. The van der Waals surface area contributed by atoms with Gasteiger partial charge >= 0.3 is 0 Å². The molecule has 1 aromatic heterocycles. The van der Waals surface area contributed by atoms with E-state index in [2.05, 4.69) is 47.8 Å². The lowest BCUT2D eigenvalue weighted by Crippen LogP contribution is -2.38. The minimum atomic E-state index is -0.856. The number of fused-ring (bicyclic) bond motifs is 1. The van der Waals surface area contributed by atoms with Crippen LogP contribution in [0.25, 0.3) is 22.0 Å². The smallest absolute Gasteiger partial charge is 0.212 e. The molecule has 40 heavy (non-hydrogen) atoms. The predicted octanol–water partition coefficient (Wildman–Crippen LogP) is 7.64. The number of rotatable bonds is 7. The summed E-state index contributed by atoms with van der Waals surface area (Å²) in [6.45, 7) is 0. The number of hydrogen-bond acceptors (Lipinski definition) is 3. The van der Waals surface area contributed by atoms with Gasteiger partial charge in [-0.3, -0.25) is 4.79 Å². The van der Waals surface area contributed by atoms with Crippen molar-refractivity contribution in [3.05, 3.63) is 155 Å². The fourth-order valence-corrected chi connectivity index (χ4v) is 5.65. The highest BCUT2D eigenvalue weighted by molar-refractivity contribution is 6.33. The molecule has 0 fully saturated rings. The third-order valence-electron chi connectivity index (χ3n) is 7.17. The van der Waals surface area contributed by atoms with Crippen LogP contribution in [-0.4, -0.2) is 16.2 Å². The van der Waals surface area contributed by atoms with Crippen LogP contribution < -0.4 is 5.32 Å². The summed E-state index contributed by atoms with van der Waals surface area (Å²) < 4.78 is 1.99. The molecule has 0 saturated heterocycles. The van der Waals surface area contributed by atoms with Crippen molar-refractivity contribution < 1.29 is 4.79 Å². The van der Waals surface area contributed by atoms with Gasteiger partial charge < -0.3 is 5.32 Å². The Morgan fingerprint density at radius 3 is 1.88 bits per heavy atom. The summed E-state index contributed by atoms with van der Waals surface area (Å²) in [6, 6.07) is 44.0. The van der Waals surface area contributed by atoms with E-state index in [1.807, 2.05) is 77.5 Å². The van der Waals surface area contributed by atoms with Gasteiger partial charge in [0.2, 0.25) is 6.41 Å². The van der Waals surface area contributed by atoms with Crippen molar-refractivity contribution in [2.75, 3.05) is 5.32 Å². The van der Waals surface area contributed by atoms with E-state index >= 15 is 0 Å². The number of anilines is 1. The van der Waals surface area contributed by atoms with Crippen LogP contribution in [0.3, 0.4) is 0 Å². The second-order valence-corrected chi connectivity index (χ2v) is 9.78. The average Bonchev–Trinajstić information content (AvgIpc) is 3.37. The van der Waals surface area contributed by atoms with E-state index in [1.54, 1.807) is 18.2 Å². The topological polar surface area (TPSA) is 70.7 Å². The fourth-order valence-electron chi connectivity index (χ4n) is 5.42. The van der Waals surface area contributed by atoms with Gasteiger partial charge in [-0.05, 0) is 52.6 Å².